The molecule has 0 aromatic heterocycles. The van der Waals surface area contributed by atoms with Crippen LogP contribution in [-0.4, -0.2) is 67.6 Å². The first kappa shape index (κ1) is 26.7. The monoisotopic (exact) mass is 484 g/mol. The van der Waals surface area contributed by atoms with E-state index in [2.05, 4.69) is 13.8 Å². The highest BCUT2D eigenvalue weighted by Crippen LogP contribution is 2.24. The minimum atomic E-state index is -0.368. The van der Waals surface area contributed by atoms with E-state index >= 15 is 0 Å². The van der Waals surface area contributed by atoms with Crippen LogP contribution < -0.4 is 4.74 Å². The number of methoxy groups -OCH3 is 1. The predicted octanol–water partition coefficient (Wildman–Crippen LogP) is 4.57. The molecule has 0 aliphatic carbocycles. The lowest BCUT2D eigenvalue weighted by atomic mass is 10.0. The van der Waals surface area contributed by atoms with Crippen molar-refractivity contribution in [2.24, 2.45) is 5.92 Å². The van der Waals surface area contributed by atoms with Crippen molar-refractivity contribution in [3.63, 3.8) is 0 Å². The molecule has 0 bridgehead atoms. The van der Waals surface area contributed by atoms with Gasteiger partial charge in [0.15, 0.2) is 0 Å². The molecule has 3 rings (SSSR count). The molecule has 0 saturated heterocycles. The molecular formula is C28H37FN2O4. The van der Waals surface area contributed by atoms with Gasteiger partial charge in [-0.2, -0.15) is 0 Å². The third-order valence-corrected chi connectivity index (χ3v) is 6.28. The molecule has 2 amide bonds. The molecule has 0 N–H and O–H groups in total. The van der Waals surface area contributed by atoms with Crippen molar-refractivity contribution >= 4 is 11.8 Å². The second-order valence-corrected chi connectivity index (χ2v) is 9.44. The summed E-state index contributed by atoms with van der Waals surface area (Å²) in [6.45, 7) is 6.50. The third-order valence-electron chi connectivity index (χ3n) is 6.28. The van der Waals surface area contributed by atoms with Gasteiger partial charge in [0, 0.05) is 26.7 Å². The molecule has 1 aliphatic rings. The average molecular weight is 485 g/mol. The number of halogens is 1. The van der Waals surface area contributed by atoms with Crippen LogP contribution in [0.25, 0.3) is 0 Å². The van der Waals surface area contributed by atoms with Crippen molar-refractivity contribution in [1.82, 2.24) is 9.80 Å². The first-order chi connectivity index (χ1) is 16.9. The number of hydrogen-bond donors (Lipinski definition) is 0. The SMILES string of the molecule is COCCN1CCCCN(C(=O)Cc2ccccc2F)[C@@H](CC(C)C)COc2ccccc2C1=O. The van der Waals surface area contributed by atoms with E-state index < -0.39 is 0 Å². The van der Waals surface area contributed by atoms with E-state index in [9.17, 15) is 14.0 Å². The zero-order valence-corrected chi connectivity index (χ0v) is 21.0. The van der Waals surface area contributed by atoms with Crippen molar-refractivity contribution in [3.05, 3.63) is 65.5 Å². The summed E-state index contributed by atoms with van der Waals surface area (Å²) in [5.41, 5.74) is 0.909. The van der Waals surface area contributed by atoms with E-state index in [-0.39, 0.29) is 36.7 Å². The van der Waals surface area contributed by atoms with Crippen LogP contribution >= 0.6 is 0 Å². The van der Waals surface area contributed by atoms with Gasteiger partial charge in [-0.15, -0.1) is 0 Å². The van der Waals surface area contributed by atoms with Gasteiger partial charge in [0.1, 0.15) is 18.2 Å². The highest BCUT2D eigenvalue weighted by atomic mass is 19.1. The lowest BCUT2D eigenvalue weighted by Gasteiger charge is -2.34. The smallest absolute Gasteiger partial charge is 0.257 e. The Morgan fingerprint density at radius 3 is 2.57 bits per heavy atom. The van der Waals surface area contributed by atoms with E-state index in [1.165, 1.54) is 6.07 Å². The number of ether oxygens (including phenoxy) is 2. The van der Waals surface area contributed by atoms with Crippen LogP contribution in [0, 0.1) is 11.7 Å². The molecule has 7 heteroatoms. The standard InChI is InChI=1S/C28H37FN2O4/c1-21(2)18-23-20-35-26-13-7-5-11-24(26)28(33)30(16-17-34-3)14-8-9-15-31(23)27(32)19-22-10-4-6-12-25(22)29/h4-7,10-13,21,23H,8-9,14-20H2,1-3H3/t23-/m0/s1. The Labute approximate surface area is 208 Å². The zero-order chi connectivity index (χ0) is 25.2. The largest absolute Gasteiger partial charge is 0.491 e. The van der Waals surface area contributed by atoms with Crippen LogP contribution in [0.15, 0.2) is 48.5 Å². The molecule has 0 fully saturated rings. The quantitative estimate of drug-likeness (QED) is 0.578. The van der Waals surface area contributed by atoms with Crippen LogP contribution in [0.5, 0.6) is 5.75 Å². The number of carbonyl (C=O) groups is 2. The van der Waals surface area contributed by atoms with E-state index in [0.717, 1.165) is 19.3 Å². The number of rotatable bonds is 7. The van der Waals surface area contributed by atoms with E-state index in [1.54, 1.807) is 42.3 Å². The molecule has 0 saturated carbocycles. The Hall–Kier alpha value is -2.93. The first-order valence-corrected chi connectivity index (χ1v) is 12.4. The van der Waals surface area contributed by atoms with E-state index in [4.69, 9.17) is 9.47 Å². The highest BCUT2D eigenvalue weighted by Gasteiger charge is 2.28. The molecule has 0 unspecified atom stereocenters. The number of para-hydroxylation sites is 1. The van der Waals surface area contributed by atoms with Crippen LogP contribution in [0.2, 0.25) is 0 Å². The van der Waals surface area contributed by atoms with Crippen molar-refractivity contribution in [3.8, 4) is 5.75 Å². The number of fused-ring (bicyclic) bond motifs is 1. The Bertz CT molecular complexity index is 981. The van der Waals surface area contributed by atoms with Crippen LogP contribution in [0.3, 0.4) is 0 Å². The topological polar surface area (TPSA) is 59.1 Å². The summed E-state index contributed by atoms with van der Waals surface area (Å²) in [6, 6.07) is 13.5. The van der Waals surface area contributed by atoms with Crippen LogP contribution in [0.1, 0.15) is 49.0 Å². The fourth-order valence-corrected chi connectivity index (χ4v) is 4.47. The number of nitrogens with zero attached hydrogens (tertiary/aromatic N) is 2. The van der Waals surface area contributed by atoms with Crippen molar-refractivity contribution in [1.29, 1.82) is 0 Å². The van der Waals surface area contributed by atoms with E-state index in [1.807, 2.05) is 17.0 Å². The second kappa shape index (κ2) is 13.2. The number of carbonyl (C=O) groups excluding carboxylic acids is 2. The summed E-state index contributed by atoms with van der Waals surface area (Å²) in [5.74, 6) is 0.290. The molecule has 1 atom stereocenters. The van der Waals surface area contributed by atoms with Gasteiger partial charge in [-0.25, -0.2) is 4.39 Å². The maximum absolute atomic E-state index is 14.3. The lowest BCUT2D eigenvalue weighted by Crippen LogP contribution is -2.46. The summed E-state index contributed by atoms with van der Waals surface area (Å²) in [7, 11) is 1.62. The summed E-state index contributed by atoms with van der Waals surface area (Å²) in [6.07, 6.45) is 2.24. The molecule has 1 heterocycles. The number of hydrogen-bond acceptors (Lipinski definition) is 4. The van der Waals surface area contributed by atoms with E-state index in [0.29, 0.717) is 49.0 Å². The minimum absolute atomic E-state index is 0.0102. The molecule has 35 heavy (non-hydrogen) atoms. The van der Waals surface area contributed by atoms with Gasteiger partial charge in [-0.3, -0.25) is 9.59 Å². The molecule has 2 aromatic rings. The predicted molar refractivity (Wildman–Crippen MR) is 134 cm³/mol. The molecule has 1 aliphatic heterocycles. The molecule has 190 valence electrons. The molecule has 2 aromatic carbocycles. The summed E-state index contributed by atoms with van der Waals surface area (Å²) < 4.78 is 25.7. The normalized spacial score (nSPS) is 17.4. The highest BCUT2D eigenvalue weighted by molar-refractivity contribution is 5.97. The van der Waals surface area contributed by atoms with Crippen LogP contribution in [0.4, 0.5) is 4.39 Å². The fourth-order valence-electron chi connectivity index (χ4n) is 4.47. The Morgan fingerprint density at radius 1 is 1.11 bits per heavy atom. The second-order valence-electron chi connectivity index (χ2n) is 9.44. The van der Waals surface area contributed by atoms with Crippen molar-refractivity contribution in [2.45, 2.75) is 45.6 Å². The third kappa shape index (κ3) is 7.52. The van der Waals surface area contributed by atoms with Gasteiger partial charge in [-0.05, 0) is 48.9 Å². The Kier molecular flexibility index (Phi) is 10.1. The Balaban J connectivity index is 1.89. The van der Waals surface area contributed by atoms with Gasteiger partial charge < -0.3 is 19.3 Å². The van der Waals surface area contributed by atoms with Gasteiger partial charge in [-0.1, -0.05) is 44.2 Å². The molecular weight excluding hydrogens is 447 g/mol. The maximum atomic E-state index is 14.3. The van der Waals surface area contributed by atoms with Crippen molar-refractivity contribution in [2.75, 3.05) is 40.0 Å². The average Bonchev–Trinajstić information content (AvgIpc) is 2.84. The van der Waals surface area contributed by atoms with Crippen LogP contribution in [-0.2, 0) is 16.0 Å². The Morgan fingerprint density at radius 2 is 1.83 bits per heavy atom. The number of amides is 2. The number of benzene rings is 2. The molecule has 6 nitrogen and oxygen atoms in total. The molecule has 0 spiro atoms. The zero-order valence-electron chi connectivity index (χ0n) is 21.0. The van der Waals surface area contributed by atoms with Gasteiger partial charge in [0.2, 0.25) is 5.91 Å². The molecule has 0 radical (unpaired) electrons. The lowest BCUT2D eigenvalue weighted by molar-refractivity contribution is -0.134. The van der Waals surface area contributed by atoms with Gasteiger partial charge in [0.25, 0.3) is 5.91 Å². The summed E-state index contributed by atoms with van der Waals surface area (Å²) >= 11 is 0. The fraction of sp³-hybridized carbons (Fsp3) is 0.500. The minimum Gasteiger partial charge on any atom is -0.491 e. The van der Waals surface area contributed by atoms with Gasteiger partial charge in [0.05, 0.1) is 24.6 Å². The van der Waals surface area contributed by atoms with Crippen molar-refractivity contribution < 1.29 is 23.5 Å². The first-order valence-electron chi connectivity index (χ1n) is 12.4. The summed E-state index contributed by atoms with van der Waals surface area (Å²) in [5, 5.41) is 0. The van der Waals surface area contributed by atoms with Gasteiger partial charge >= 0.3 is 0 Å². The summed E-state index contributed by atoms with van der Waals surface area (Å²) in [4.78, 5) is 30.4. The maximum Gasteiger partial charge on any atom is 0.257 e.